The molecule has 2 heterocycles. The first-order valence-corrected chi connectivity index (χ1v) is 5.79. The number of terminal acetylenes is 1. The van der Waals surface area contributed by atoms with Crippen LogP contribution in [0.2, 0.25) is 0 Å². The molecule has 1 aliphatic heterocycles. The van der Waals surface area contributed by atoms with Crippen LogP contribution in [-0.4, -0.2) is 37.6 Å². The summed E-state index contributed by atoms with van der Waals surface area (Å²) in [7, 11) is 0. The molecule has 3 N–H and O–H groups in total. The molecule has 7 nitrogen and oxygen atoms in total. The Morgan fingerprint density at radius 2 is 2.32 bits per heavy atom. The van der Waals surface area contributed by atoms with Crippen molar-refractivity contribution < 1.29 is 14.9 Å². The molecule has 0 saturated carbocycles. The molecule has 0 amide bonds. The highest BCUT2D eigenvalue weighted by molar-refractivity contribution is 5.19. The van der Waals surface area contributed by atoms with E-state index in [2.05, 4.69) is 5.92 Å². The van der Waals surface area contributed by atoms with Gasteiger partial charge in [0, 0.05) is 12.3 Å². The second kappa shape index (κ2) is 4.66. The smallest absolute Gasteiger partial charge is 0.330 e. The van der Waals surface area contributed by atoms with Gasteiger partial charge in [-0.15, -0.1) is 6.42 Å². The summed E-state index contributed by atoms with van der Waals surface area (Å²) in [6.45, 7) is 1.75. The molecule has 0 radical (unpaired) electrons. The topological polar surface area (TPSA) is 105 Å². The molecule has 4 atom stereocenters. The Hall–Kier alpha value is -1.88. The number of rotatable bonds is 2. The number of nitrogens with one attached hydrogen (secondary N) is 1. The van der Waals surface area contributed by atoms with Crippen molar-refractivity contribution in [3.05, 3.63) is 33.1 Å². The van der Waals surface area contributed by atoms with E-state index < -0.39 is 35.3 Å². The lowest BCUT2D eigenvalue weighted by Crippen LogP contribution is -2.47. The molecule has 0 bridgehead atoms. The summed E-state index contributed by atoms with van der Waals surface area (Å²) < 4.78 is 6.39. The Labute approximate surface area is 108 Å². The maximum Gasteiger partial charge on any atom is 0.330 e. The summed E-state index contributed by atoms with van der Waals surface area (Å²) in [6, 6.07) is 1.10. The second-order valence-electron chi connectivity index (χ2n) is 4.37. The van der Waals surface area contributed by atoms with Gasteiger partial charge in [0.15, 0.2) is 11.8 Å². The van der Waals surface area contributed by atoms with Crippen molar-refractivity contribution in [2.45, 2.75) is 37.4 Å². The molecule has 2 rings (SSSR count). The first-order valence-electron chi connectivity index (χ1n) is 5.79. The van der Waals surface area contributed by atoms with Crippen molar-refractivity contribution >= 4 is 0 Å². The van der Waals surface area contributed by atoms with E-state index in [9.17, 15) is 19.8 Å². The van der Waals surface area contributed by atoms with Gasteiger partial charge in [-0.3, -0.25) is 14.3 Å². The van der Waals surface area contributed by atoms with Gasteiger partial charge in [0.2, 0.25) is 0 Å². The molecule has 1 fully saturated rings. The third kappa shape index (κ3) is 2.00. The van der Waals surface area contributed by atoms with Crippen LogP contribution in [0.4, 0.5) is 0 Å². The molecule has 0 spiro atoms. The van der Waals surface area contributed by atoms with Crippen LogP contribution in [0, 0.1) is 12.3 Å². The average molecular weight is 266 g/mol. The summed E-state index contributed by atoms with van der Waals surface area (Å²) >= 11 is 0. The van der Waals surface area contributed by atoms with Crippen molar-refractivity contribution in [3.8, 4) is 12.3 Å². The van der Waals surface area contributed by atoms with Gasteiger partial charge in [-0.1, -0.05) is 12.8 Å². The predicted octanol–water partition coefficient (Wildman–Crippen LogP) is -1.43. The van der Waals surface area contributed by atoms with E-state index in [1.165, 1.54) is 6.20 Å². The molecule has 0 unspecified atom stereocenters. The van der Waals surface area contributed by atoms with Crippen LogP contribution >= 0.6 is 0 Å². The van der Waals surface area contributed by atoms with Crippen LogP contribution in [-0.2, 0) is 4.74 Å². The molecule has 1 saturated heterocycles. The first-order chi connectivity index (χ1) is 8.93. The summed E-state index contributed by atoms with van der Waals surface area (Å²) in [5, 5.41) is 20.3. The van der Waals surface area contributed by atoms with E-state index >= 15 is 0 Å². The van der Waals surface area contributed by atoms with Gasteiger partial charge in [0.25, 0.3) is 5.56 Å². The Morgan fingerprint density at radius 3 is 2.84 bits per heavy atom. The normalized spacial score (nSPS) is 34.1. The van der Waals surface area contributed by atoms with Crippen LogP contribution in [0.3, 0.4) is 0 Å². The number of H-pyrrole nitrogens is 1. The number of nitrogens with zero attached hydrogens (tertiary/aromatic N) is 1. The number of aromatic amines is 1. The lowest BCUT2D eigenvalue weighted by molar-refractivity contribution is -0.0726. The zero-order chi connectivity index (χ0) is 14.2. The molecule has 7 heteroatoms. The highest BCUT2D eigenvalue weighted by atomic mass is 16.6. The van der Waals surface area contributed by atoms with Gasteiger partial charge in [0.1, 0.15) is 6.10 Å². The Balaban J connectivity index is 2.52. The molecule has 0 aromatic carbocycles. The fraction of sp³-hybridized carbons (Fsp3) is 0.500. The lowest BCUT2D eigenvalue weighted by atomic mass is 9.94. The number of aliphatic hydroxyl groups excluding tert-OH is 1. The van der Waals surface area contributed by atoms with Gasteiger partial charge in [-0.2, -0.15) is 0 Å². The van der Waals surface area contributed by atoms with E-state index in [4.69, 9.17) is 11.2 Å². The molecule has 102 valence electrons. The molecule has 0 aliphatic carbocycles. The maximum absolute atomic E-state index is 11.7. The number of ether oxygens (including phenoxy) is 1. The third-order valence-corrected chi connectivity index (χ3v) is 3.22. The van der Waals surface area contributed by atoms with E-state index in [0.717, 1.165) is 10.6 Å². The van der Waals surface area contributed by atoms with Gasteiger partial charge < -0.3 is 14.9 Å². The van der Waals surface area contributed by atoms with Gasteiger partial charge >= 0.3 is 5.69 Å². The number of aliphatic hydroxyl groups is 2. The molecular weight excluding hydrogens is 252 g/mol. The minimum Gasteiger partial charge on any atom is -0.386 e. The Kier molecular flexibility index (Phi) is 3.32. The van der Waals surface area contributed by atoms with Crippen LogP contribution < -0.4 is 11.2 Å². The van der Waals surface area contributed by atoms with E-state index in [0.29, 0.717) is 6.42 Å². The lowest BCUT2D eigenvalue weighted by Gasteiger charge is -2.26. The Morgan fingerprint density at radius 1 is 1.63 bits per heavy atom. The summed E-state index contributed by atoms with van der Waals surface area (Å²) in [4.78, 5) is 24.7. The highest BCUT2D eigenvalue weighted by Gasteiger charge is 2.55. The SMILES string of the molecule is C#C[C@@]1(O)[C@H](O)[C@@H](CC)O[C@H]1n1ccc(=O)[nH]c1=O. The van der Waals surface area contributed by atoms with E-state index in [1.807, 2.05) is 4.98 Å². The minimum absolute atomic E-state index is 0.416. The van der Waals surface area contributed by atoms with Gasteiger partial charge in [0.05, 0.1) is 6.10 Å². The number of hydrogen-bond donors (Lipinski definition) is 3. The average Bonchev–Trinajstić information content (AvgIpc) is 2.63. The monoisotopic (exact) mass is 266 g/mol. The quantitative estimate of drug-likeness (QED) is 0.569. The summed E-state index contributed by atoms with van der Waals surface area (Å²) in [6.07, 6.45) is 3.59. The van der Waals surface area contributed by atoms with Gasteiger partial charge in [-0.05, 0) is 6.42 Å². The largest absolute Gasteiger partial charge is 0.386 e. The van der Waals surface area contributed by atoms with Crippen LogP contribution in [0.1, 0.15) is 19.6 Å². The zero-order valence-corrected chi connectivity index (χ0v) is 10.2. The fourth-order valence-electron chi connectivity index (χ4n) is 2.14. The Bertz CT molecular complexity index is 628. The van der Waals surface area contributed by atoms with Crippen molar-refractivity contribution in [1.29, 1.82) is 0 Å². The second-order valence-corrected chi connectivity index (χ2v) is 4.37. The zero-order valence-electron chi connectivity index (χ0n) is 10.2. The van der Waals surface area contributed by atoms with Crippen LogP contribution in [0.25, 0.3) is 0 Å². The first kappa shape index (κ1) is 13.5. The molecular formula is C12H14N2O5. The predicted molar refractivity (Wildman–Crippen MR) is 65.3 cm³/mol. The minimum atomic E-state index is -2.03. The summed E-state index contributed by atoms with van der Waals surface area (Å²) in [5.74, 6) is 2.07. The standard InChI is InChI=1S/C12H14N2O5/c1-3-7-9(16)12(18,4-2)10(19-7)14-6-5-8(15)13-11(14)17/h2,5-7,9-10,16,18H,3H2,1H3,(H,13,15,17)/t7-,9-,10-,12-/m1/s1. The number of aromatic nitrogens is 2. The molecule has 19 heavy (non-hydrogen) atoms. The van der Waals surface area contributed by atoms with Crippen molar-refractivity contribution in [3.63, 3.8) is 0 Å². The molecule has 1 aromatic rings. The van der Waals surface area contributed by atoms with Crippen molar-refractivity contribution in [1.82, 2.24) is 9.55 Å². The van der Waals surface area contributed by atoms with Crippen molar-refractivity contribution in [2.24, 2.45) is 0 Å². The van der Waals surface area contributed by atoms with E-state index in [1.54, 1.807) is 6.92 Å². The van der Waals surface area contributed by atoms with Crippen LogP contribution in [0.15, 0.2) is 21.9 Å². The van der Waals surface area contributed by atoms with Gasteiger partial charge in [-0.25, -0.2) is 4.79 Å². The molecule has 1 aliphatic rings. The number of hydrogen-bond acceptors (Lipinski definition) is 5. The molecule has 1 aromatic heterocycles. The summed E-state index contributed by atoms with van der Waals surface area (Å²) in [5.41, 5.74) is -3.37. The maximum atomic E-state index is 11.7. The van der Waals surface area contributed by atoms with Crippen LogP contribution in [0.5, 0.6) is 0 Å². The van der Waals surface area contributed by atoms with E-state index in [-0.39, 0.29) is 0 Å². The highest BCUT2D eigenvalue weighted by Crippen LogP contribution is 2.38. The fourth-order valence-corrected chi connectivity index (χ4v) is 2.14. The third-order valence-electron chi connectivity index (χ3n) is 3.22. The van der Waals surface area contributed by atoms with Crippen molar-refractivity contribution in [2.75, 3.05) is 0 Å².